The van der Waals surface area contributed by atoms with Crippen LogP contribution in [-0.4, -0.2) is 49.6 Å². The first-order valence-electron chi connectivity index (χ1n) is 9.83. The van der Waals surface area contributed by atoms with Crippen molar-refractivity contribution < 1.29 is 13.2 Å². The maximum atomic E-state index is 12.7. The molecule has 160 valence electrons. The zero-order valence-corrected chi connectivity index (χ0v) is 18.9. The van der Waals surface area contributed by atoms with E-state index in [2.05, 4.69) is 32.4 Å². The molecule has 2 fully saturated rings. The van der Waals surface area contributed by atoms with E-state index in [1.807, 2.05) is 0 Å². The number of rotatable bonds is 3. The summed E-state index contributed by atoms with van der Waals surface area (Å²) in [5, 5.41) is 6.55. The van der Waals surface area contributed by atoms with Gasteiger partial charge in [-0.25, -0.2) is 0 Å². The molecule has 8 heteroatoms. The number of likely N-dealkylation sites (tertiary alicyclic amines) is 1. The third-order valence-corrected chi connectivity index (χ3v) is 5.39. The van der Waals surface area contributed by atoms with Gasteiger partial charge in [0.15, 0.2) is 5.96 Å². The Morgan fingerprint density at radius 3 is 2.69 bits per heavy atom. The number of nitrogens with one attached hydrogen (secondary N) is 2. The largest absolute Gasteiger partial charge is 0.416 e. The van der Waals surface area contributed by atoms with Crippen LogP contribution in [0.15, 0.2) is 29.3 Å². The molecule has 0 amide bonds. The molecule has 1 aromatic carbocycles. The highest BCUT2D eigenvalue weighted by Crippen LogP contribution is 2.29. The third-order valence-electron chi connectivity index (χ3n) is 5.39. The minimum Gasteiger partial charge on any atom is -0.352 e. The van der Waals surface area contributed by atoms with E-state index in [1.54, 1.807) is 13.1 Å². The summed E-state index contributed by atoms with van der Waals surface area (Å²) in [5.74, 6) is 6.31. The zero-order chi connectivity index (χ0) is 20.0. The van der Waals surface area contributed by atoms with Crippen molar-refractivity contribution in [1.82, 2.24) is 15.5 Å². The number of nitrogens with zero attached hydrogens (tertiary/aromatic N) is 2. The van der Waals surface area contributed by atoms with Gasteiger partial charge in [-0.1, -0.05) is 30.7 Å². The lowest BCUT2D eigenvalue weighted by Gasteiger charge is -2.24. The van der Waals surface area contributed by atoms with E-state index < -0.39 is 11.7 Å². The molecular formula is C21H28F3IN4. The van der Waals surface area contributed by atoms with E-state index in [9.17, 15) is 13.2 Å². The molecule has 1 saturated heterocycles. The minimum atomic E-state index is -4.35. The molecule has 1 atom stereocenters. The average molecular weight is 520 g/mol. The lowest BCUT2D eigenvalue weighted by molar-refractivity contribution is -0.137. The Morgan fingerprint density at radius 2 is 2.00 bits per heavy atom. The van der Waals surface area contributed by atoms with Crippen LogP contribution in [0.1, 0.15) is 43.2 Å². The molecule has 0 bridgehead atoms. The van der Waals surface area contributed by atoms with Gasteiger partial charge in [-0.15, -0.1) is 24.0 Å². The molecule has 1 aliphatic carbocycles. The zero-order valence-electron chi connectivity index (χ0n) is 16.6. The normalized spacial score (nSPS) is 20.7. The van der Waals surface area contributed by atoms with Crippen LogP contribution >= 0.6 is 24.0 Å². The number of aliphatic imine (C=N–C) groups is 1. The van der Waals surface area contributed by atoms with Crippen LogP contribution in [0.5, 0.6) is 0 Å². The van der Waals surface area contributed by atoms with Gasteiger partial charge in [-0.05, 0) is 37.5 Å². The maximum Gasteiger partial charge on any atom is 0.416 e. The van der Waals surface area contributed by atoms with Gasteiger partial charge in [0.2, 0.25) is 0 Å². The van der Waals surface area contributed by atoms with Crippen molar-refractivity contribution in [2.24, 2.45) is 4.99 Å². The molecule has 1 unspecified atom stereocenters. The van der Waals surface area contributed by atoms with E-state index in [1.165, 1.54) is 31.7 Å². The first-order valence-corrected chi connectivity index (χ1v) is 9.83. The van der Waals surface area contributed by atoms with Gasteiger partial charge in [0.05, 0.1) is 12.1 Å². The molecule has 29 heavy (non-hydrogen) atoms. The Bertz CT molecular complexity index is 748. The Kier molecular flexibility index (Phi) is 9.08. The van der Waals surface area contributed by atoms with Crippen LogP contribution < -0.4 is 10.6 Å². The van der Waals surface area contributed by atoms with Crippen LogP contribution in [0.3, 0.4) is 0 Å². The van der Waals surface area contributed by atoms with E-state index in [4.69, 9.17) is 0 Å². The molecule has 1 saturated carbocycles. The summed E-state index contributed by atoms with van der Waals surface area (Å²) < 4.78 is 38.2. The van der Waals surface area contributed by atoms with Gasteiger partial charge < -0.3 is 10.6 Å². The monoisotopic (exact) mass is 520 g/mol. The molecular weight excluding hydrogens is 492 g/mol. The van der Waals surface area contributed by atoms with Crippen LogP contribution in [0.4, 0.5) is 13.2 Å². The van der Waals surface area contributed by atoms with Crippen LogP contribution in [0.25, 0.3) is 0 Å². The topological polar surface area (TPSA) is 39.7 Å². The van der Waals surface area contributed by atoms with Crippen molar-refractivity contribution >= 4 is 29.9 Å². The standard InChI is InChI=1S/C21H27F3N4.HI/c1-25-20(27-18-11-13-28(15-18)19-9-2-3-10-19)26-12-5-7-16-6-4-8-17(14-16)21(22,23)24;/h4,6,8,14,18-19H,2-3,9-13,15H2,1H3,(H2,25,26,27);1H. The molecule has 1 heterocycles. The average Bonchev–Trinajstić information content (AvgIpc) is 3.35. The Hall–Kier alpha value is -1.47. The van der Waals surface area contributed by atoms with Crippen molar-refractivity contribution in [3.63, 3.8) is 0 Å². The highest BCUT2D eigenvalue weighted by molar-refractivity contribution is 14.0. The molecule has 3 rings (SSSR count). The summed E-state index contributed by atoms with van der Waals surface area (Å²) >= 11 is 0. The van der Waals surface area contributed by atoms with Gasteiger partial charge in [0.1, 0.15) is 0 Å². The van der Waals surface area contributed by atoms with E-state index in [0.29, 0.717) is 24.1 Å². The Morgan fingerprint density at radius 1 is 1.24 bits per heavy atom. The predicted molar refractivity (Wildman–Crippen MR) is 120 cm³/mol. The van der Waals surface area contributed by atoms with Gasteiger partial charge in [-0.3, -0.25) is 9.89 Å². The predicted octanol–water partition coefficient (Wildman–Crippen LogP) is 3.86. The van der Waals surface area contributed by atoms with E-state index in [0.717, 1.165) is 37.7 Å². The molecule has 1 aliphatic heterocycles. The summed E-state index contributed by atoms with van der Waals surface area (Å²) in [5.41, 5.74) is -0.333. The number of hydrogen-bond acceptors (Lipinski definition) is 2. The van der Waals surface area contributed by atoms with Crippen molar-refractivity contribution in [3.8, 4) is 11.8 Å². The van der Waals surface area contributed by atoms with Gasteiger partial charge in [0.25, 0.3) is 0 Å². The summed E-state index contributed by atoms with van der Waals surface area (Å²) in [6.45, 7) is 2.46. The molecule has 0 radical (unpaired) electrons. The van der Waals surface area contributed by atoms with Crippen molar-refractivity contribution in [1.29, 1.82) is 0 Å². The highest BCUT2D eigenvalue weighted by Gasteiger charge is 2.31. The molecule has 0 spiro atoms. The second-order valence-electron chi connectivity index (χ2n) is 7.37. The van der Waals surface area contributed by atoms with E-state index >= 15 is 0 Å². The van der Waals surface area contributed by atoms with Gasteiger partial charge in [0, 0.05) is 37.8 Å². The Balaban J connectivity index is 0.00000300. The van der Waals surface area contributed by atoms with Crippen molar-refractivity contribution in [3.05, 3.63) is 35.4 Å². The van der Waals surface area contributed by atoms with Gasteiger partial charge >= 0.3 is 6.18 Å². The summed E-state index contributed by atoms with van der Waals surface area (Å²) in [6, 6.07) is 6.16. The molecule has 1 aromatic rings. The van der Waals surface area contributed by atoms with Crippen LogP contribution in [0, 0.1) is 11.8 Å². The smallest absolute Gasteiger partial charge is 0.352 e. The van der Waals surface area contributed by atoms with Crippen LogP contribution in [-0.2, 0) is 6.18 Å². The third kappa shape index (κ3) is 7.07. The first-order chi connectivity index (χ1) is 13.5. The molecule has 4 nitrogen and oxygen atoms in total. The minimum absolute atomic E-state index is 0. The lowest BCUT2D eigenvalue weighted by Crippen LogP contribution is -2.45. The summed E-state index contributed by atoms with van der Waals surface area (Å²) in [6.07, 6.45) is 2.04. The summed E-state index contributed by atoms with van der Waals surface area (Å²) in [4.78, 5) is 6.80. The fourth-order valence-corrected chi connectivity index (χ4v) is 3.94. The van der Waals surface area contributed by atoms with Crippen molar-refractivity contribution in [2.75, 3.05) is 26.7 Å². The summed E-state index contributed by atoms with van der Waals surface area (Å²) in [7, 11) is 1.71. The fraction of sp³-hybridized carbons (Fsp3) is 0.571. The van der Waals surface area contributed by atoms with Gasteiger partial charge in [-0.2, -0.15) is 13.2 Å². The van der Waals surface area contributed by atoms with E-state index in [-0.39, 0.29) is 24.0 Å². The molecule has 2 aliphatic rings. The number of hydrogen-bond donors (Lipinski definition) is 2. The maximum absolute atomic E-state index is 12.7. The second kappa shape index (κ2) is 11.1. The lowest BCUT2D eigenvalue weighted by atomic mass is 10.1. The highest BCUT2D eigenvalue weighted by atomic mass is 127. The number of guanidine groups is 1. The number of alkyl halides is 3. The fourth-order valence-electron chi connectivity index (χ4n) is 3.94. The number of halogens is 4. The van der Waals surface area contributed by atoms with Crippen LogP contribution in [0.2, 0.25) is 0 Å². The number of benzene rings is 1. The second-order valence-corrected chi connectivity index (χ2v) is 7.37. The SMILES string of the molecule is CN=C(NCC#Cc1cccc(C(F)(F)F)c1)NC1CCN(C2CCCC2)C1.I. The molecule has 2 N–H and O–H groups in total. The quantitative estimate of drug-likeness (QED) is 0.275. The van der Waals surface area contributed by atoms with Crippen molar-refractivity contribution in [2.45, 2.75) is 50.4 Å². The first kappa shape index (κ1) is 23.8. The molecule has 0 aromatic heterocycles. The Labute approximate surface area is 187 Å².